The quantitative estimate of drug-likeness (QED) is 0.688. The zero-order chi connectivity index (χ0) is 17.2. The van der Waals surface area contributed by atoms with Crippen molar-refractivity contribution in [3.05, 3.63) is 66.0 Å². The van der Waals surface area contributed by atoms with Gasteiger partial charge in [-0.15, -0.1) is 0 Å². The molecule has 0 spiro atoms. The van der Waals surface area contributed by atoms with E-state index < -0.39 is 6.10 Å². The second-order valence-corrected chi connectivity index (χ2v) is 5.83. The number of ether oxygens (including phenoxy) is 2. The summed E-state index contributed by atoms with van der Waals surface area (Å²) in [5, 5.41) is 10.0. The Hall–Kier alpha value is -1.95. The molecule has 0 aliphatic carbocycles. The summed E-state index contributed by atoms with van der Waals surface area (Å²) < 4.78 is 24.5. The Morgan fingerprint density at radius 2 is 1.79 bits per heavy atom. The van der Waals surface area contributed by atoms with Crippen LogP contribution in [-0.4, -0.2) is 44.6 Å². The Bertz CT molecular complexity index is 594. The summed E-state index contributed by atoms with van der Waals surface area (Å²) >= 11 is 0. The van der Waals surface area contributed by atoms with Crippen molar-refractivity contribution in [3.8, 4) is 5.75 Å². The number of para-hydroxylation sites is 1. The fourth-order valence-corrected chi connectivity index (χ4v) is 2.34. The molecule has 4 nitrogen and oxygen atoms in total. The lowest BCUT2D eigenvalue weighted by Gasteiger charge is -2.18. The average Bonchev–Trinajstić information content (AvgIpc) is 2.57. The van der Waals surface area contributed by atoms with Crippen LogP contribution in [0.5, 0.6) is 5.75 Å². The number of hydrogen-bond acceptors (Lipinski definition) is 3. The zero-order valence-electron chi connectivity index (χ0n) is 14.0. The van der Waals surface area contributed by atoms with Crippen molar-refractivity contribution in [1.82, 2.24) is 0 Å². The summed E-state index contributed by atoms with van der Waals surface area (Å²) in [6, 6.07) is 16.1. The number of benzene rings is 2. The highest BCUT2D eigenvalue weighted by molar-refractivity contribution is 5.20. The van der Waals surface area contributed by atoms with Gasteiger partial charge in [0.05, 0.1) is 20.3 Å². The Labute approximate surface area is 142 Å². The van der Waals surface area contributed by atoms with E-state index in [1.165, 1.54) is 6.07 Å². The monoisotopic (exact) mass is 334 g/mol. The van der Waals surface area contributed by atoms with Crippen LogP contribution in [0.1, 0.15) is 5.56 Å². The van der Waals surface area contributed by atoms with Gasteiger partial charge in [-0.1, -0.05) is 36.4 Å². The highest BCUT2D eigenvalue weighted by atomic mass is 19.1. The molecule has 2 aromatic carbocycles. The molecule has 0 amide bonds. The average molecular weight is 334 g/mol. The van der Waals surface area contributed by atoms with Gasteiger partial charge in [0.1, 0.15) is 37.4 Å². The minimum Gasteiger partial charge on any atom is -0.488 e. The van der Waals surface area contributed by atoms with Crippen LogP contribution in [0.3, 0.4) is 0 Å². The fourth-order valence-electron chi connectivity index (χ4n) is 2.34. The Kier molecular flexibility index (Phi) is 7.68. The molecule has 2 N–H and O–H groups in total. The summed E-state index contributed by atoms with van der Waals surface area (Å²) in [7, 11) is 1.99. The second-order valence-electron chi connectivity index (χ2n) is 5.83. The molecule has 5 heteroatoms. The zero-order valence-corrected chi connectivity index (χ0v) is 14.0. The molecular formula is C19H25FNO3+. The first kappa shape index (κ1) is 18.4. The Balaban J connectivity index is 1.59. The van der Waals surface area contributed by atoms with E-state index in [0.717, 1.165) is 17.2 Å². The highest BCUT2D eigenvalue weighted by Crippen LogP contribution is 2.08. The molecule has 2 atom stereocenters. The van der Waals surface area contributed by atoms with Crippen molar-refractivity contribution in [2.24, 2.45) is 0 Å². The third-order valence-corrected chi connectivity index (χ3v) is 3.65. The SMILES string of the molecule is C[NH+](CCOc1ccccc1)C[C@@H](O)COCc1ccccc1F. The lowest BCUT2D eigenvalue weighted by molar-refractivity contribution is -0.883. The van der Waals surface area contributed by atoms with Gasteiger partial charge in [-0.3, -0.25) is 0 Å². The highest BCUT2D eigenvalue weighted by Gasteiger charge is 2.12. The Morgan fingerprint density at radius 3 is 2.54 bits per heavy atom. The predicted octanol–water partition coefficient (Wildman–Crippen LogP) is 1.30. The van der Waals surface area contributed by atoms with Crippen LogP contribution >= 0.6 is 0 Å². The van der Waals surface area contributed by atoms with Crippen LogP contribution < -0.4 is 9.64 Å². The molecule has 2 rings (SSSR count). The number of aliphatic hydroxyl groups excluding tert-OH is 1. The molecule has 0 saturated carbocycles. The van der Waals surface area contributed by atoms with Gasteiger partial charge >= 0.3 is 0 Å². The number of rotatable bonds is 10. The maximum atomic E-state index is 13.4. The standard InChI is InChI=1S/C19H24FNO3/c1-21(11-12-24-18-8-3-2-4-9-18)13-17(22)15-23-14-16-7-5-6-10-19(16)20/h2-10,17,22H,11-15H2,1H3/p+1/t17-/m1/s1. The van der Waals surface area contributed by atoms with Gasteiger partial charge in [0.25, 0.3) is 0 Å². The third-order valence-electron chi connectivity index (χ3n) is 3.65. The van der Waals surface area contributed by atoms with Crippen LogP contribution in [-0.2, 0) is 11.3 Å². The number of nitrogens with one attached hydrogen (secondary N) is 1. The van der Waals surface area contributed by atoms with Gasteiger partial charge in [0.15, 0.2) is 0 Å². The molecule has 0 aliphatic rings. The number of hydrogen-bond donors (Lipinski definition) is 2. The van der Waals surface area contributed by atoms with Crippen molar-refractivity contribution >= 4 is 0 Å². The molecule has 0 bridgehead atoms. The number of halogens is 1. The molecule has 0 heterocycles. The molecule has 0 radical (unpaired) electrons. The normalized spacial score (nSPS) is 13.5. The first-order chi connectivity index (χ1) is 11.6. The van der Waals surface area contributed by atoms with Crippen molar-refractivity contribution in [2.45, 2.75) is 12.7 Å². The molecule has 1 unspecified atom stereocenters. The van der Waals surface area contributed by atoms with E-state index in [-0.39, 0.29) is 19.0 Å². The van der Waals surface area contributed by atoms with Crippen LogP contribution in [0.15, 0.2) is 54.6 Å². The van der Waals surface area contributed by atoms with Crippen LogP contribution in [0, 0.1) is 5.82 Å². The van der Waals surface area contributed by atoms with Gasteiger partial charge in [-0.05, 0) is 18.2 Å². The first-order valence-electron chi connectivity index (χ1n) is 8.13. The summed E-state index contributed by atoms with van der Waals surface area (Å²) in [4.78, 5) is 1.15. The van der Waals surface area contributed by atoms with Crippen LogP contribution in [0.4, 0.5) is 4.39 Å². The third kappa shape index (κ3) is 6.66. The summed E-state index contributed by atoms with van der Waals surface area (Å²) in [5.74, 6) is 0.562. The van der Waals surface area contributed by atoms with Gasteiger partial charge in [0, 0.05) is 5.56 Å². The van der Waals surface area contributed by atoms with Crippen molar-refractivity contribution < 1.29 is 23.9 Å². The molecule has 0 saturated heterocycles. The minimum atomic E-state index is -0.589. The molecule has 0 aliphatic heterocycles. The lowest BCUT2D eigenvalue weighted by atomic mass is 10.2. The number of quaternary nitrogens is 1. The van der Waals surface area contributed by atoms with E-state index >= 15 is 0 Å². The summed E-state index contributed by atoms with van der Waals surface area (Å²) in [6.45, 7) is 2.26. The van der Waals surface area contributed by atoms with E-state index in [1.807, 2.05) is 37.4 Å². The maximum absolute atomic E-state index is 13.4. The second kappa shape index (κ2) is 10.0. The van der Waals surface area contributed by atoms with Crippen LogP contribution in [0.2, 0.25) is 0 Å². The summed E-state index contributed by atoms with van der Waals surface area (Å²) in [5.41, 5.74) is 0.502. The van der Waals surface area contributed by atoms with Gasteiger partial charge < -0.3 is 19.5 Å². The molecule has 0 aromatic heterocycles. The van der Waals surface area contributed by atoms with Gasteiger partial charge in [-0.25, -0.2) is 4.39 Å². The van der Waals surface area contributed by atoms with E-state index in [9.17, 15) is 9.50 Å². The predicted molar refractivity (Wildman–Crippen MR) is 90.6 cm³/mol. The van der Waals surface area contributed by atoms with E-state index in [4.69, 9.17) is 9.47 Å². The maximum Gasteiger partial charge on any atom is 0.137 e. The fraction of sp³-hybridized carbons (Fsp3) is 0.368. The van der Waals surface area contributed by atoms with Gasteiger partial charge in [-0.2, -0.15) is 0 Å². The molecule has 130 valence electrons. The molecule has 0 fully saturated rings. The molecular weight excluding hydrogens is 309 g/mol. The number of likely N-dealkylation sites (N-methyl/N-ethyl adjacent to an activating group) is 1. The minimum absolute atomic E-state index is 0.167. The first-order valence-corrected chi connectivity index (χ1v) is 8.13. The Morgan fingerprint density at radius 1 is 1.08 bits per heavy atom. The van der Waals surface area contributed by atoms with Crippen molar-refractivity contribution in [3.63, 3.8) is 0 Å². The van der Waals surface area contributed by atoms with E-state index in [2.05, 4.69) is 0 Å². The van der Waals surface area contributed by atoms with Crippen molar-refractivity contribution in [2.75, 3.05) is 33.4 Å². The lowest BCUT2D eigenvalue weighted by Crippen LogP contribution is -3.10. The topological polar surface area (TPSA) is 43.1 Å². The number of aliphatic hydroxyl groups is 1. The van der Waals surface area contributed by atoms with Crippen LogP contribution in [0.25, 0.3) is 0 Å². The van der Waals surface area contributed by atoms with Gasteiger partial charge in [0.2, 0.25) is 0 Å². The van der Waals surface area contributed by atoms with E-state index in [0.29, 0.717) is 18.7 Å². The van der Waals surface area contributed by atoms with Crippen molar-refractivity contribution in [1.29, 1.82) is 0 Å². The molecule has 24 heavy (non-hydrogen) atoms. The molecule has 2 aromatic rings. The van der Waals surface area contributed by atoms with E-state index in [1.54, 1.807) is 18.2 Å². The largest absolute Gasteiger partial charge is 0.488 e. The summed E-state index contributed by atoms with van der Waals surface area (Å²) in [6.07, 6.45) is -0.589. The smallest absolute Gasteiger partial charge is 0.137 e.